The van der Waals surface area contributed by atoms with Crippen LogP contribution in [0.15, 0.2) is 59.6 Å². The zero-order valence-corrected chi connectivity index (χ0v) is 21.7. The van der Waals surface area contributed by atoms with Crippen LogP contribution in [0.4, 0.5) is 4.39 Å². The van der Waals surface area contributed by atoms with Crippen LogP contribution in [0.2, 0.25) is 0 Å². The highest BCUT2D eigenvalue weighted by atomic mass is 127. The molecule has 1 aliphatic rings. The molecule has 33 heavy (non-hydrogen) atoms. The predicted molar refractivity (Wildman–Crippen MR) is 142 cm³/mol. The van der Waals surface area contributed by atoms with E-state index in [0.717, 1.165) is 31.9 Å². The summed E-state index contributed by atoms with van der Waals surface area (Å²) in [4.78, 5) is 18.9. The topological polar surface area (TPSA) is 68.8 Å². The minimum Gasteiger partial charge on any atom is -0.355 e. The SMILES string of the molecule is CN=C(NCCNC(=O)Cc1cccc(F)c1)NC1CCN(Cc2ccccc2)C(C)C1.I. The Kier molecular flexibility index (Phi) is 11.6. The van der Waals surface area contributed by atoms with Gasteiger partial charge in [-0.3, -0.25) is 14.7 Å². The second-order valence-corrected chi connectivity index (χ2v) is 8.33. The Morgan fingerprint density at radius 1 is 1.09 bits per heavy atom. The number of amides is 1. The average Bonchev–Trinajstić information content (AvgIpc) is 2.78. The number of nitrogens with one attached hydrogen (secondary N) is 3. The number of likely N-dealkylation sites (tertiary alicyclic amines) is 1. The molecule has 180 valence electrons. The van der Waals surface area contributed by atoms with Gasteiger partial charge >= 0.3 is 0 Å². The number of carbonyl (C=O) groups is 1. The lowest BCUT2D eigenvalue weighted by molar-refractivity contribution is -0.120. The molecule has 0 aromatic heterocycles. The molecule has 0 saturated carbocycles. The van der Waals surface area contributed by atoms with Gasteiger partial charge in [-0.25, -0.2) is 4.39 Å². The van der Waals surface area contributed by atoms with Gasteiger partial charge in [0.25, 0.3) is 0 Å². The smallest absolute Gasteiger partial charge is 0.224 e. The Balaban J connectivity index is 0.00000385. The van der Waals surface area contributed by atoms with Gasteiger partial charge in [-0.15, -0.1) is 24.0 Å². The van der Waals surface area contributed by atoms with Crippen LogP contribution in [0.25, 0.3) is 0 Å². The number of carbonyl (C=O) groups excluding carboxylic acids is 1. The fourth-order valence-electron chi connectivity index (χ4n) is 4.07. The maximum Gasteiger partial charge on any atom is 0.224 e. The van der Waals surface area contributed by atoms with Gasteiger partial charge in [0.15, 0.2) is 5.96 Å². The third-order valence-corrected chi connectivity index (χ3v) is 5.80. The Hall–Kier alpha value is -2.20. The molecule has 0 radical (unpaired) electrons. The molecule has 1 amide bonds. The van der Waals surface area contributed by atoms with Crippen molar-refractivity contribution in [2.24, 2.45) is 4.99 Å². The van der Waals surface area contributed by atoms with E-state index in [9.17, 15) is 9.18 Å². The van der Waals surface area contributed by atoms with E-state index < -0.39 is 0 Å². The van der Waals surface area contributed by atoms with Crippen molar-refractivity contribution < 1.29 is 9.18 Å². The van der Waals surface area contributed by atoms with E-state index in [0.29, 0.717) is 30.7 Å². The number of guanidine groups is 1. The van der Waals surface area contributed by atoms with Gasteiger partial charge in [0.05, 0.1) is 6.42 Å². The number of halogens is 2. The zero-order valence-electron chi connectivity index (χ0n) is 19.4. The molecule has 1 fully saturated rings. The minimum absolute atomic E-state index is 0. The van der Waals surface area contributed by atoms with Crippen molar-refractivity contribution >= 4 is 35.8 Å². The summed E-state index contributed by atoms with van der Waals surface area (Å²) in [5.41, 5.74) is 2.02. The van der Waals surface area contributed by atoms with Gasteiger partial charge in [-0.05, 0) is 43.0 Å². The summed E-state index contributed by atoms with van der Waals surface area (Å²) in [6, 6.07) is 17.6. The molecule has 3 rings (SSSR count). The summed E-state index contributed by atoms with van der Waals surface area (Å²) in [6.07, 6.45) is 2.28. The van der Waals surface area contributed by atoms with Crippen LogP contribution >= 0.6 is 24.0 Å². The number of aliphatic imine (C=N–C) groups is 1. The lowest BCUT2D eigenvalue weighted by atomic mass is 9.97. The molecule has 2 atom stereocenters. The van der Waals surface area contributed by atoms with Crippen molar-refractivity contribution in [2.75, 3.05) is 26.7 Å². The second-order valence-electron chi connectivity index (χ2n) is 8.33. The predicted octanol–water partition coefficient (Wildman–Crippen LogP) is 3.32. The van der Waals surface area contributed by atoms with Crippen LogP contribution in [0, 0.1) is 5.82 Å². The van der Waals surface area contributed by atoms with Gasteiger partial charge in [0, 0.05) is 45.3 Å². The molecule has 8 heteroatoms. The zero-order chi connectivity index (χ0) is 22.8. The summed E-state index contributed by atoms with van der Waals surface area (Å²) in [6.45, 7) is 5.34. The summed E-state index contributed by atoms with van der Waals surface area (Å²) in [7, 11) is 1.76. The molecular weight excluding hydrogens is 532 g/mol. The third kappa shape index (κ3) is 9.29. The van der Waals surface area contributed by atoms with E-state index in [1.807, 2.05) is 0 Å². The summed E-state index contributed by atoms with van der Waals surface area (Å²) >= 11 is 0. The number of hydrogen-bond acceptors (Lipinski definition) is 3. The molecule has 2 unspecified atom stereocenters. The Bertz CT molecular complexity index is 895. The summed E-state index contributed by atoms with van der Waals surface area (Å²) < 4.78 is 13.2. The molecule has 2 aromatic carbocycles. The first-order valence-electron chi connectivity index (χ1n) is 11.3. The van der Waals surface area contributed by atoms with E-state index in [-0.39, 0.29) is 42.1 Å². The van der Waals surface area contributed by atoms with Crippen LogP contribution in [-0.4, -0.2) is 55.5 Å². The lowest BCUT2D eigenvalue weighted by Gasteiger charge is -2.38. The van der Waals surface area contributed by atoms with Crippen LogP contribution in [0.5, 0.6) is 0 Å². The molecular formula is C25H35FIN5O. The minimum atomic E-state index is -0.327. The Morgan fingerprint density at radius 2 is 1.82 bits per heavy atom. The molecule has 1 saturated heterocycles. The fourth-order valence-corrected chi connectivity index (χ4v) is 4.07. The third-order valence-electron chi connectivity index (χ3n) is 5.80. The van der Waals surface area contributed by atoms with Crippen molar-refractivity contribution in [1.29, 1.82) is 0 Å². The molecule has 6 nitrogen and oxygen atoms in total. The van der Waals surface area contributed by atoms with Crippen molar-refractivity contribution in [2.45, 2.75) is 44.8 Å². The van der Waals surface area contributed by atoms with Gasteiger partial charge in [-0.2, -0.15) is 0 Å². The monoisotopic (exact) mass is 567 g/mol. The van der Waals surface area contributed by atoms with E-state index >= 15 is 0 Å². The van der Waals surface area contributed by atoms with Crippen molar-refractivity contribution in [3.05, 3.63) is 71.5 Å². The van der Waals surface area contributed by atoms with E-state index in [4.69, 9.17) is 0 Å². The summed E-state index contributed by atoms with van der Waals surface area (Å²) in [5.74, 6) is 0.296. The molecule has 0 aliphatic carbocycles. The Labute approximate surface area is 213 Å². The number of hydrogen-bond donors (Lipinski definition) is 3. The van der Waals surface area contributed by atoms with Gasteiger partial charge in [0.1, 0.15) is 5.82 Å². The first kappa shape index (κ1) is 27.0. The Morgan fingerprint density at radius 3 is 2.52 bits per heavy atom. The normalized spacial score (nSPS) is 18.8. The number of piperidine rings is 1. The highest BCUT2D eigenvalue weighted by Gasteiger charge is 2.25. The van der Waals surface area contributed by atoms with Crippen LogP contribution in [-0.2, 0) is 17.8 Å². The van der Waals surface area contributed by atoms with Crippen molar-refractivity contribution in [3.8, 4) is 0 Å². The highest BCUT2D eigenvalue weighted by molar-refractivity contribution is 14.0. The second kappa shape index (κ2) is 14.1. The highest BCUT2D eigenvalue weighted by Crippen LogP contribution is 2.19. The van der Waals surface area contributed by atoms with E-state index in [1.165, 1.54) is 17.7 Å². The fraction of sp³-hybridized carbons (Fsp3) is 0.440. The molecule has 1 aliphatic heterocycles. The molecule has 2 aromatic rings. The van der Waals surface area contributed by atoms with Crippen molar-refractivity contribution in [3.63, 3.8) is 0 Å². The van der Waals surface area contributed by atoms with E-state index in [2.05, 4.69) is 63.1 Å². The molecule has 1 heterocycles. The first-order chi connectivity index (χ1) is 15.5. The first-order valence-corrected chi connectivity index (χ1v) is 11.3. The average molecular weight is 567 g/mol. The largest absolute Gasteiger partial charge is 0.355 e. The van der Waals surface area contributed by atoms with Crippen LogP contribution < -0.4 is 16.0 Å². The quantitative estimate of drug-likeness (QED) is 0.198. The van der Waals surface area contributed by atoms with Crippen LogP contribution in [0.1, 0.15) is 30.9 Å². The maximum atomic E-state index is 13.2. The molecule has 0 spiro atoms. The lowest BCUT2D eigenvalue weighted by Crippen LogP contribution is -2.52. The van der Waals surface area contributed by atoms with Gasteiger partial charge < -0.3 is 16.0 Å². The number of nitrogens with zero attached hydrogens (tertiary/aromatic N) is 2. The van der Waals surface area contributed by atoms with Crippen molar-refractivity contribution in [1.82, 2.24) is 20.9 Å². The van der Waals surface area contributed by atoms with Crippen LogP contribution in [0.3, 0.4) is 0 Å². The molecule has 0 bridgehead atoms. The van der Waals surface area contributed by atoms with Gasteiger partial charge in [-0.1, -0.05) is 42.5 Å². The standard InChI is InChI=1S/C25H34FN5O.HI/c1-19-15-23(11-14-31(19)18-20-7-4-3-5-8-20)30-25(27-2)29-13-12-28-24(32)17-21-9-6-10-22(26)16-21;/h3-10,16,19,23H,11-15,17-18H2,1-2H3,(H,28,32)(H2,27,29,30);1H. The van der Waals surface area contributed by atoms with E-state index in [1.54, 1.807) is 19.2 Å². The number of benzene rings is 2. The molecule has 3 N–H and O–H groups in total. The summed E-state index contributed by atoms with van der Waals surface area (Å²) in [5, 5.41) is 9.63. The number of rotatable bonds is 8. The maximum absolute atomic E-state index is 13.2. The van der Waals surface area contributed by atoms with Gasteiger partial charge in [0.2, 0.25) is 5.91 Å².